The van der Waals surface area contributed by atoms with Crippen LogP contribution in [0.15, 0.2) is 59.5 Å². The molecule has 1 aliphatic heterocycles. The van der Waals surface area contributed by atoms with Crippen LogP contribution >= 0.6 is 0 Å². The maximum Gasteiger partial charge on any atom is 0.178 e. The van der Waals surface area contributed by atoms with E-state index in [1.165, 1.54) is 18.4 Å². The Morgan fingerprint density at radius 1 is 0.958 bits per heavy atom. The van der Waals surface area contributed by atoms with Crippen molar-refractivity contribution in [2.75, 3.05) is 23.7 Å². The van der Waals surface area contributed by atoms with Gasteiger partial charge in [-0.2, -0.15) is 0 Å². The van der Waals surface area contributed by atoms with Crippen LogP contribution in [-0.4, -0.2) is 27.3 Å². The van der Waals surface area contributed by atoms with E-state index in [2.05, 4.69) is 35.2 Å². The van der Waals surface area contributed by atoms with Crippen LogP contribution in [0.1, 0.15) is 25.3 Å². The van der Waals surface area contributed by atoms with Gasteiger partial charge >= 0.3 is 0 Å². The van der Waals surface area contributed by atoms with E-state index < -0.39 is 9.84 Å². The molecule has 128 valence electrons. The van der Waals surface area contributed by atoms with E-state index in [0.29, 0.717) is 4.90 Å². The minimum Gasteiger partial charge on any atom is -0.372 e. The zero-order valence-corrected chi connectivity index (χ0v) is 15.0. The Kier molecular flexibility index (Phi) is 5.24. The number of rotatable bonds is 5. The lowest BCUT2D eigenvalue weighted by Crippen LogP contribution is -2.34. The Balaban J connectivity index is 1.59. The van der Waals surface area contributed by atoms with Gasteiger partial charge in [0.05, 0.1) is 10.6 Å². The highest BCUT2D eigenvalue weighted by Crippen LogP contribution is 2.26. The molecule has 1 fully saturated rings. The second kappa shape index (κ2) is 7.39. The molecule has 0 radical (unpaired) electrons. The fraction of sp³-hybridized carbons (Fsp3) is 0.400. The molecular formula is C20H25NO2S. The van der Waals surface area contributed by atoms with E-state index in [1.807, 2.05) is 12.1 Å². The number of sulfone groups is 1. The first-order chi connectivity index (χ1) is 11.6. The lowest BCUT2D eigenvalue weighted by Gasteiger charge is -2.33. The summed E-state index contributed by atoms with van der Waals surface area (Å²) in [4.78, 5) is 2.79. The van der Waals surface area contributed by atoms with Gasteiger partial charge in [0.15, 0.2) is 9.84 Å². The summed E-state index contributed by atoms with van der Waals surface area (Å²) in [7, 11) is -3.11. The molecule has 3 nitrogen and oxygen atoms in total. The number of anilines is 1. The molecule has 1 aliphatic rings. The summed E-state index contributed by atoms with van der Waals surface area (Å²) in [5.41, 5.74) is 2.55. The fourth-order valence-corrected chi connectivity index (χ4v) is 4.26. The van der Waals surface area contributed by atoms with Gasteiger partial charge in [-0.05, 0) is 55.0 Å². The molecule has 4 heteroatoms. The molecule has 0 bridgehead atoms. The minimum absolute atomic E-state index is 0.150. The summed E-state index contributed by atoms with van der Waals surface area (Å²) < 4.78 is 23.8. The highest BCUT2D eigenvalue weighted by Gasteiger charge is 2.20. The van der Waals surface area contributed by atoms with E-state index >= 15 is 0 Å². The second-order valence-corrected chi connectivity index (χ2v) is 8.80. The molecule has 0 unspecified atom stereocenters. The van der Waals surface area contributed by atoms with Crippen molar-refractivity contribution in [3.8, 4) is 0 Å². The Bertz CT molecular complexity index is 746. The van der Waals surface area contributed by atoms with Crippen molar-refractivity contribution in [3.63, 3.8) is 0 Å². The van der Waals surface area contributed by atoms with Gasteiger partial charge in [-0.15, -0.1) is 0 Å². The smallest absolute Gasteiger partial charge is 0.178 e. The Morgan fingerprint density at radius 3 is 2.17 bits per heavy atom. The first kappa shape index (κ1) is 17.0. The van der Waals surface area contributed by atoms with E-state index in [1.54, 1.807) is 19.1 Å². The number of nitrogens with zero attached hydrogens (tertiary/aromatic N) is 1. The third kappa shape index (κ3) is 3.99. The maximum absolute atomic E-state index is 11.9. The Hall–Kier alpha value is -1.81. The minimum atomic E-state index is -3.11. The van der Waals surface area contributed by atoms with Crippen molar-refractivity contribution < 1.29 is 8.42 Å². The molecular weight excluding hydrogens is 318 g/mol. The van der Waals surface area contributed by atoms with Gasteiger partial charge in [-0.1, -0.05) is 37.3 Å². The van der Waals surface area contributed by atoms with Crippen LogP contribution in [0.4, 0.5) is 5.69 Å². The van der Waals surface area contributed by atoms with Crippen molar-refractivity contribution in [3.05, 3.63) is 60.2 Å². The molecule has 0 amide bonds. The number of hydrogen-bond donors (Lipinski definition) is 0. The average Bonchev–Trinajstić information content (AvgIpc) is 2.63. The van der Waals surface area contributed by atoms with Crippen molar-refractivity contribution >= 4 is 15.5 Å². The summed E-state index contributed by atoms with van der Waals surface area (Å²) in [6.07, 6.45) is 3.52. The van der Waals surface area contributed by atoms with Crippen molar-refractivity contribution in [2.24, 2.45) is 5.92 Å². The summed E-state index contributed by atoms with van der Waals surface area (Å²) >= 11 is 0. The molecule has 24 heavy (non-hydrogen) atoms. The molecule has 3 rings (SSSR count). The molecule has 1 saturated heterocycles. The standard InChI is InChI=1S/C20H25NO2S/c1-2-24(22,23)20-10-8-19(9-11-20)21-14-12-18(13-15-21)16-17-6-4-3-5-7-17/h3-11,18H,2,12-16H2,1H3. The maximum atomic E-state index is 11.9. The molecule has 2 aromatic carbocycles. The van der Waals surface area contributed by atoms with Gasteiger partial charge in [0, 0.05) is 18.8 Å². The van der Waals surface area contributed by atoms with Gasteiger partial charge in [0.2, 0.25) is 0 Å². The summed E-state index contributed by atoms with van der Waals surface area (Å²) in [6.45, 7) is 3.76. The van der Waals surface area contributed by atoms with Crippen LogP contribution in [0, 0.1) is 5.92 Å². The van der Waals surface area contributed by atoms with Crippen LogP contribution in [0.2, 0.25) is 0 Å². The van der Waals surface area contributed by atoms with Gasteiger partial charge < -0.3 is 4.90 Å². The second-order valence-electron chi connectivity index (χ2n) is 6.52. The van der Waals surface area contributed by atoms with E-state index in [-0.39, 0.29) is 5.75 Å². The summed E-state index contributed by atoms with van der Waals surface area (Å²) in [5, 5.41) is 0. The quantitative estimate of drug-likeness (QED) is 0.825. The number of piperidine rings is 1. The van der Waals surface area contributed by atoms with Crippen molar-refractivity contribution in [1.82, 2.24) is 0 Å². The van der Waals surface area contributed by atoms with Crippen LogP contribution < -0.4 is 4.90 Å². The molecule has 0 saturated carbocycles. The SMILES string of the molecule is CCS(=O)(=O)c1ccc(N2CCC(Cc3ccccc3)CC2)cc1. The average molecular weight is 343 g/mol. The third-order valence-corrected chi connectivity index (χ3v) is 6.67. The van der Waals surface area contributed by atoms with Crippen LogP contribution in [0.25, 0.3) is 0 Å². The zero-order chi connectivity index (χ0) is 17.0. The van der Waals surface area contributed by atoms with Gasteiger partial charge in [-0.3, -0.25) is 0 Å². The predicted molar refractivity (Wildman–Crippen MR) is 99.3 cm³/mol. The first-order valence-corrected chi connectivity index (χ1v) is 10.4. The lowest BCUT2D eigenvalue weighted by molar-refractivity contribution is 0.403. The molecule has 2 aromatic rings. The Morgan fingerprint density at radius 2 is 1.58 bits per heavy atom. The predicted octanol–water partition coefficient (Wildman–Crippen LogP) is 3.94. The topological polar surface area (TPSA) is 37.4 Å². The third-order valence-electron chi connectivity index (χ3n) is 4.92. The normalized spacial score (nSPS) is 16.3. The van der Waals surface area contributed by atoms with Gasteiger partial charge in [0.25, 0.3) is 0 Å². The van der Waals surface area contributed by atoms with Crippen molar-refractivity contribution in [1.29, 1.82) is 0 Å². The van der Waals surface area contributed by atoms with Crippen LogP contribution in [-0.2, 0) is 16.3 Å². The van der Waals surface area contributed by atoms with E-state index in [9.17, 15) is 8.42 Å². The Labute approximate surface area is 145 Å². The fourth-order valence-electron chi connectivity index (χ4n) is 3.37. The van der Waals surface area contributed by atoms with E-state index in [0.717, 1.165) is 31.1 Å². The molecule has 0 aromatic heterocycles. The van der Waals surface area contributed by atoms with Gasteiger partial charge in [-0.25, -0.2) is 8.42 Å². The highest BCUT2D eigenvalue weighted by atomic mass is 32.2. The number of benzene rings is 2. The highest BCUT2D eigenvalue weighted by molar-refractivity contribution is 7.91. The molecule has 1 heterocycles. The first-order valence-electron chi connectivity index (χ1n) is 8.70. The van der Waals surface area contributed by atoms with Crippen molar-refractivity contribution in [2.45, 2.75) is 31.1 Å². The molecule has 0 N–H and O–H groups in total. The monoisotopic (exact) mass is 343 g/mol. The van der Waals surface area contributed by atoms with E-state index in [4.69, 9.17) is 0 Å². The lowest BCUT2D eigenvalue weighted by atomic mass is 9.90. The number of hydrogen-bond acceptors (Lipinski definition) is 3. The van der Waals surface area contributed by atoms with Crippen LogP contribution in [0.3, 0.4) is 0 Å². The van der Waals surface area contributed by atoms with Gasteiger partial charge in [0.1, 0.15) is 0 Å². The zero-order valence-electron chi connectivity index (χ0n) is 14.2. The molecule has 0 atom stereocenters. The molecule has 0 spiro atoms. The van der Waals surface area contributed by atoms with Crippen LogP contribution in [0.5, 0.6) is 0 Å². The summed E-state index contributed by atoms with van der Waals surface area (Å²) in [6, 6.07) is 18.1. The molecule has 0 aliphatic carbocycles. The summed E-state index contributed by atoms with van der Waals surface area (Å²) in [5.74, 6) is 0.889. The largest absolute Gasteiger partial charge is 0.372 e.